The van der Waals surface area contributed by atoms with E-state index in [1.165, 1.54) is 0 Å². The summed E-state index contributed by atoms with van der Waals surface area (Å²) >= 11 is 6.12. The SMILES string of the molecule is COc1ccc(Cl)cc1Nc1cc(-c2ccncc2)nc(NC(C)C)n1. The van der Waals surface area contributed by atoms with Gasteiger partial charge in [0.15, 0.2) is 0 Å². The van der Waals surface area contributed by atoms with E-state index < -0.39 is 0 Å². The van der Waals surface area contributed by atoms with Crippen molar-refractivity contribution in [2.45, 2.75) is 19.9 Å². The Balaban J connectivity index is 2.02. The van der Waals surface area contributed by atoms with Crippen molar-refractivity contribution in [3.8, 4) is 17.0 Å². The maximum atomic E-state index is 6.12. The lowest BCUT2D eigenvalue weighted by Gasteiger charge is -2.14. The van der Waals surface area contributed by atoms with Crippen LogP contribution in [0.4, 0.5) is 17.5 Å². The summed E-state index contributed by atoms with van der Waals surface area (Å²) in [6.45, 7) is 4.07. The molecule has 134 valence electrons. The average molecular weight is 370 g/mol. The van der Waals surface area contributed by atoms with E-state index >= 15 is 0 Å². The molecule has 3 rings (SSSR count). The van der Waals surface area contributed by atoms with E-state index in [4.69, 9.17) is 16.3 Å². The number of aromatic nitrogens is 3. The van der Waals surface area contributed by atoms with E-state index in [1.807, 2.05) is 38.1 Å². The average Bonchev–Trinajstić information content (AvgIpc) is 2.62. The number of pyridine rings is 1. The Hall–Kier alpha value is -2.86. The molecule has 0 radical (unpaired) electrons. The largest absolute Gasteiger partial charge is 0.495 e. The zero-order valence-electron chi connectivity index (χ0n) is 14.8. The minimum atomic E-state index is 0.205. The number of hydrogen-bond donors (Lipinski definition) is 2. The van der Waals surface area contributed by atoms with Crippen LogP contribution in [0, 0.1) is 0 Å². The van der Waals surface area contributed by atoms with Gasteiger partial charge in [0.2, 0.25) is 5.95 Å². The number of anilines is 3. The molecule has 2 heterocycles. The summed E-state index contributed by atoms with van der Waals surface area (Å²) in [5.41, 5.74) is 2.47. The van der Waals surface area contributed by atoms with Crippen LogP contribution in [0.3, 0.4) is 0 Å². The summed E-state index contributed by atoms with van der Waals surface area (Å²) in [5.74, 6) is 1.85. The highest BCUT2D eigenvalue weighted by Gasteiger charge is 2.10. The van der Waals surface area contributed by atoms with Gasteiger partial charge < -0.3 is 15.4 Å². The standard InChI is InChI=1S/C19H20ClN5O/c1-12(2)22-19-24-15(13-6-8-21-9-7-13)11-18(25-19)23-16-10-14(20)4-5-17(16)26-3/h4-12H,1-3H3,(H2,22,23,24,25). The predicted molar refractivity (Wildman–Crippen MR) is 105 cm³/mol. The van der Waals surface area contributed by atoms with Crippen LogP contribution in [0.5, 0.6) is 5.75 Å². The normalized spacial score (nSPS) is 10.7. The van der Waals surface area contributed by atoms with Crippen molar-refractivity contribution in [1.29, 1.82) is 0 Å². The number of rotatable bonds is 6. The molecule has 26 heavy (non-hydrogen) atoms. The molecule has 6 nitrogen and oxygen atoms in total. The molecule has 0 spiro atoms. The Bertz CT molecular complexity index is 886. The second-order valence-corrected chi connectivity index (χ2v) is 6.40. The molecule has 0 unspecified atom stereocenters. The molecular weight excluding hydrogens is 350 g/mol. The fourth-order valence-electron chi connectivity index (χ4n) is 2.42. The lowest BCUT2D eigenvalue weighted by molar-refractivity contribution is 0.417. The van der Waals surface area contributed by atoms with Gasteiger partial charge in [-0.3, -0.25) is 4.98 Å². The molecule has 0 fully saturated rings. The lowest BCUT2D eigenvalue weighted by Crippen LogP contribution is -2.13. The summed E-state index contributed by atoms with van der Waals surface area (Å²) in [5, 5.41) is 7.13. The first-order chi connectivity index (χ1) is 12.5. The van der Waals surface area contributed by atoms with Gasteiger partial charge in [-0.05, 0) is 44.2 Å². The smallest absolute Gasteiger partial charge is 0.225 e. The van der Waals surface area contributed by atoms with Gasteiger partial charge in [0.05, 0.1) is 18.5 Å². The highest BCUT2D eigenvalue weighted by molar-refractivity contribution is 6.31. The molecule has 0 bridgehead atoms. The number of benzene rings is 1. The monoisotopic (exact) mass is 369 g/mol. The molecular formula is C19H20ClN5O. The van der Waals surface area contributed by atoms with Crippen LogP contribution in [-0.4, -0.2) is 28.1 Å². The van der Waals surface area contributed by atoms with E-state index in [1.54, 1.807) is 31.6 Å². The molecule has 2 N–H and O–H groups in total. The molecule has 3 aromatic rings. The van der Waals surface area contributed by atoms with Crippen LogP contribution in [0.25, 0.3) is 11.3 Å². The van der Waals surface area contributed by atoms with Crippen molar-refractivity contribution in [3.05, 3.63) is 53.8 Å². The van der Waals surface area contributed by atoms with Crippen LogP contribution >= 0.6 is 11.6 Å². The lowest BCUT2D eigenvalue weighted by atomic mass is 10.2. The molecule has 0 aliphatic heterocycles. The summed E-state index contributed by atoms with van der Waals surface area (Å²) < 4.78 is 5.39. The number of nitrogens with zero attached hydrogens (tertiary/aromatic N) is 3. The zero-order valence-corrected chi connectivity index (χ0v) is 15.6. The molecule has 0 aliphatic rings. The topological polar surface area (TPSA) is 72.0 Å². The minimum absolute atomic E-state index is 0.205. The molecule has 7 heteroatoms. The third-order valence-corrected chi connectivity index (χ3v) is 3.78. The van der Waals surface area contributed by atoms with Gasteiger partial charge in [-0.25, -0.2) is 4.98 Å². The quantitative estimate of drug-likeness (QED) is 0.652. The van der Waals surface area contributed by atoms with Crippen molar-refractivity contribution in [3.63, 3.8) is 0 Å². The maximum absolute atomic E-state index is 6.12. The van der Waals surface area contributed by atoms with Crippen LogP contribution in [0.2, 0.25) is 5.02 Å². The van der Waals surface area contributed by atoms with Crippen molar-refractivity contribution < 1.29 is 4.74 Å². The first-order valence-electron chi connectivity index (χ1n) is 8.21. The van der Waals surface area contributed by atoms with Gasteiger partial charge in [0, 0.05) is 35.1 Å². The van der Waals surface area contributed by atoms with Gasteiger partial charge in [-0.15, -0.1) is 0 Å². The van der Waals surface area contributed by atoms with Gasteiger partial charge in [0.1, 0.15) is 11.6 Å². The second kappa shape index (κ2) is 8.01. The second-order valence-electron chi connectivity index (χ2n) is 5.97. The summed E-state index contributed by atoms with van der Waals surface area (Å²) in [4.78, 5) is 13.2. The van der Waals surface area contributed by atoms with E-state index in [-0.39, 0.29) is 6.04 Å². The van der Waals surface area contributed by atoms with Crippen molar-refractivity contribution in [2.75, 3.05) is 17.7 Å². The Morgan fingerprint density at radius 1 is 1.04 bits per heavy atom. The molecule has 1 aromatic carbocycles. The first kappa shape index (κ1) is 17.9. The first-order valence-corrected chi connectivity index (χ1v) is 8.59. The summed E-state index contributed by atoms with van der Waals surface area (Å²) in [6, 6.07) is 11.3. The zero-order chi connectivity index (χ0) is 18.5. The highest BCUT2D eigenvalue weighted by Crippen LogP contribution is 2.31. The van der Waals surface area contributed by atoms with Crippen molar-refractivity contribution in [1.82, 2.24) is 15.0 Å². The Kier molecular flexibility index (Phi) is 5.53. The molecule has 0 aliphatic carbocycles. The predicted octanol–water partition coefficient (Wildman–Crippen LogP) is 4.76. The van der Waals surface area contributed by atoms with Crippen LogP contribution in [-0.2, 0) is 0 Å². The molecule has 0 saturated heterocycles. The van der Waals surface area contributed by atoms with Crippen molar-refractivity contribution in [2.24, 2.45) is 0 Å². The van der Waals surface area contributed by atoms with Gasteiger partial charge >= 0.3 is 0 Å². The molecule has 0 atom stereocenters. The van der Waals surface area contributed by atoms with E-state index in [9.17, 15) is 0 Å². The molecule has 0 saturated carbocycles. The number of nitrogens with one attached hydrogen (secondary N) is 2. The van der Waals surface area contributed by atoms with E-state index in [2.05, 4.69) is 25.6 Å². The van der Waals surface area contributed by atoms with Gasteiger partial charge in [0.25, 0.3) is 0 Å². The number of ether oxygens (including phenoxy) is 1. The third kappa shape index (κ3) is 4.40. The van der Waals surface area contributed by atoms with Crippen LogP contribution < -0.4 is 15.4 Å². The Morgan fingerprint density at radius 3 is 2.50 bits per heavy atom. The summed E-state index contributed by atoms with van der Waals surface area (Å²) in [6.07, 6.45) is 3.47. The van der Waals surface area contributed by atoms with Crippen molar-refractivity contribution >= 4 is 29.1 Å². The third-order valence-electron chi connectivity index (χ3n) is 3.54. The fourth-order valence-corrected chi connectivity index (χ4v) is 2.59. The molecule has 0 amide bonds. The highest BCUT2D eigenvalue weighted by atomic mass is 35.5. The number of methoxy groups -OCH3 is 1. The Labute approximate surface area is 157 Å². The maximum Gasteiger partial charge on any atom is 0.225 e. The minimum Gasteiger partial charge on any atom is -0.495 e. The number of halogens is 1. The van der Waals surface area contributed by atoms with E-state index in [0.29, 0.717) is 22.5 Å². The van der Waals surface area contributed by atoms with Gasteiger partial charge in [-0.1, -0.05) is 11.6 Å². The molecule has 2 aromatic heterocycles. The van der Waals surface area contributed by atoms with Crippen LogP contribution in [0.1, 0.15) is 13.8 Å². The fraction of sp³-hybridized carbons (Fsp3) is 0.211. The summed E-state index contributed by atoms with van der Waals surface area (Å²) in [7, 11) is 1.61. The van der Waals surface area contributed by atoms with Gasteiger partial charge in [-0.2, -0.15) is 4.98 Å². The van der Waals surface area contributed by atoms with Crippen LogP contribution in [0.15, 0.2) is 48.8 Å². The Morgan fingerprint density at radius 2 is 1.81 bits per heavy atom. The van der Waals surface area contributed by atoms with E-state index in [0.717, 1.165) is 16.9 Å². The number of hydrogen-bond acceptors (Lipinski definition) is 6.